The van der Waals surface area contributed by atoms with E-state index in [2.05, 4.69) is 37.8 Å². The van der Waals surface area contributed by atoms with E-state index in [1.807, 2.05) is 0 Å². The smallest absolute Gasteiger partial charge is 0.0559 e. The molecule has 0 aromatic heterocycles. The minimum absolute atomic E-state index is 0.123. The molecule has 0 spiro atoms. The molecule has 0 radical (unpaired) electrons. The molecule has 2 heteroatoms. The van der Waals surface area contributed by atoms with E-state index in [9.17, 15) is 0 Å². The van der Waals surface area contributed by atoms with Gasteiger partial charge in [0.1, 0.15) is 0 Å². The minimum atomic E-state index is 0.123. The highest BCUT2D eigenvalue weighted by molar-refractivity contribution is 5.23. The summed E-state index contributed by atoms with van der Waals surface area (Å²) in [6.07, 6.45) is 1.17. The van der Waals surface area contributed by atoms with Crippen LogP contribution >= 0.6 is 0 Å². The van der Waals surface area contributed by atoms with E-state index in [1.165, 1.54) is 6.42 Å². The van der Waals surface area contributed by atoms with Crippen molar-refractivity contribution >= 4 is 6.72 Å². The Morgan fingerprint density at radius 1 is 1.50 bits per heavy atom. The summed E-state index contributed by atoms with van der Waals surface area (Å²) in [5.41, 5.74) is 0.123. The first-order valence-electron chi connectivity index (χ1n) is 3.80. The summed E-state index contributed by atoms with van der Waals surface area (Å²) >= 11 is 0. The van der Waals surface area contributed by atoms with Crippen LogP contribution in [0.3, 0.4) is 0 Å². The number of nitrogens with zero attached hydrogens (tertiary/aromatic N) is 1. The summed E-state index contributed by atoms with van der Waals surface area (Å²) in [4.78, 5) is 3.85. The van der Waals surface area contributed by atoms with Gasteiger partial charge < -0.3 is 5.32 Å². The molecule has 0 atom stereocenters. The normalized spacial score (nSPS) is 11.5. The Kier molecular flexibility index (Phi) is 4.28. The van der Waals surface area contributed by atoms with Crippen LogP contribution in [0.2, 0.25) is 0 Å². The summed E-state index contributed by atoms with van der Waals surface area (Å²) < 4.78 is 0. The third-order valence-corrected chi connectivity index (χ3v) is 1.36. The first-order valence-corrected chi connectivity index (χ1v) is 3.80. The highest BCUT2D eigenvalue weighted by Crippen LogP contribution is 2.01. The second kappa shape index (κ2) is 4.45. The molecule has 0 fully saturated rings. The van der Waals surface area contributed by atoms with Gasteiger partial charge in [-0.1, -0.05) is 6.92 Å². The Bertz CT molecular complexity index is 97.4. The van der Waals surface area contributed by atoms with E-state index >= 15 is 0 Å². The molecule has 0 aliphatic rings. The topological polar surface area (TPSA) is 24.4 Å². The van der Waals surface area contributed by atoms with E-state index in [1.54, 1.807) is 0 Å². The number of rotatable bonds is 5. The monoisotopic (exact) mass is 142 g/mol. The Hall–Kier alpha value is -0.370. The van der Waals surface area contributed by atoms with Crippen LogP contribution < -0.4 is 5.32 Å². The summed E-state index contributed by atoms with van der Waals surface area (Å²) in [7, 11) is 0. The molecule has 60 valence electrons. The second-order valence-electron chi connectivity index (χ2n) is 3.19. The summed E-state index contributed by atoms with van der Waals surface area (Å²) in [6, 6.07) is 0. The second-order valence-corrected chi connectivity index (χ2v) is 3.19. The molecule has 1 N–H and O–H groups in total. The predicted molar refractivity (Wildman–Crippen MR) is 46.8 cm³/mol. The van der Waals surface area contributed by atoms with Crippen molar-refractivity contribution in [3.63, 3.8) is 0 Å². The van der Waals surface area contributed by atoms with Gasteiger partial charge in [-0.2, -0.15) is 0 Å². The molecule has 0 saturated carbocycles. The van der Waals surface area contributed by atoms with E-state index in [-0.39, 0.29) is 5.54 Å². The lowest BCUT2D eigenvalue weighted by Crippen LogP contribution is -2.42. The number of nitrogens with one attached hydrogen (secondary N) is 1. The highest BCUT2D eigenvalue weighted by atomic mass is 15.0. The molecule has 0 aromatic carbocycles. The van der Waals surface area contributed by atoms with Gasteiger partial charge in [0.2, 0.25) is 0 Å². The van der Waals surface area contributed by atoms with Gasteiger partial charge in [-0.25, -0.2) is 0 Å². The Labute approximate surface area is 63.7 Å². The lowest BCUT2D eigenvalue weighted by Gasteiger charge is -2.23. The Morgan fingerprint density at radius 2 is 2.10 bits per heavy atom. The van der Waals surface area contributed by atoms with Crippen LogP contribution in [0, 0.1) is 0 Å². The van der Waals surface area contributed by atoms with Crippen LogP contribution in [-0.2, 0) is 0 Å². The maximum Gasteiger partial charge on any atom is 0.0559 e. The van der Waals surface area contributed by atoms with Crippen LogP contribution in [0.5, 0.6) is 0 Å². The quantitative estimate of drug-likeness (QED) is 0.577. The summed E-state index contributed by atoms with van der Waals surface area (Å²) in [6.45, 7) is 11.7. The molecular formula is C8H18N2. The number of aliphatic imine (C=N–C) groups is 1. The van der Waals surface area contributed by atoms with Crippen molar-refractivity contribution in [2.45, 2.75) is 32.7 Å². The predicted octanol–water partition coefficient (Wildman–Crippen LogP) is 1.47. The molecule has 0 amide bonds. The zero-order chi connectivity index (χ0) is 8.04. The van der Waals surface area contributed by atoms with Crippen LogP contribution in [0.15, 0.2) is 4.99 Å². The minimum Gasteiger partial charge on any atom is -0.310 e. The van der Waals surface area contributed by atoms with Crippen molar-refractivity contribution in [3.05, 3.63) is 0 Å². The van der Waals surface area contributed by atoms with Crippen molar-refractivity contribution in [1.82, 2.24) is 5.32 Å². The molecule has 0 heterocycles. The van der Waals surface area contributed by atoms with Gasteiger partial charge in [0.15, 0.2) is 0 Å². The SMILES string of the molecule is C=NCC(C)(C)NCCC. The zero-order valence-corrected chi connectivity index (χ0v) is 7.28. The van der Waals surface area contributed by atoms with Crippen LogP contribution in [-0.4, -0.2) is 25.3 Å². The van der Waals surface area contributed by atoms with E-state index in [4.69, 9.17) is 0 Å². The van der Waals surface area contributed by atoms with E-state index < -0.39 is 0 Å². The van der Waals surface area contributed by atoms with Crippen molar-refractivity contribution in [1.29, 1.82) is 0 Å². The van der Waals surface area contributed by atoms with Gasteiger partial charge in [-0.05, 0) is 33.5 Å². The average molecular weight is 142 g/mol. The lowest BCUT2D eigenvalue weighted by atomic mass is 10.1. The van der Waals surface area contributed by atoms with E-state index in [0.717, 1.165) is 13.1 Å². The van der Waals surface area contributed by atoms with Crippen LogP contribution in [0.1, 0.15) is 27.2 Å². The molecular weight excluding hydrogens is 124 g/mol. The maximum atomic E-state index is 3.85. The molecule has 2 nitrogen and oxygen atoms in total. The van der Waals surface area contributed by atoms with Gasteiger partial charge in [-0.3, -0.25) is 4.99 Å². The van der Waals surface area contributed by atoms with Gasteiger partial charge in [0.05, 0.1) is 6.54 Å². The molecule has 0 aliphatic heterocycles. The van der Waals surface area contributed by atoms with Gasteiger partial charge in [0.25, 0.3) is 0 Å². The highest BCUT2D eigenvalue weighted by Gasteiger charge is 2.13. The Morgan fingerprint density at radius 3 is 2.50 bits per heavy atom. The van der Waals surface area contributed by atoms with E-state index in [0.29, 0.717) is 0 Å². The third kappa shape index (κ3) is 4.50. The van der Waals surface area contributed by atoms with Crippen LogP contribution in [0.4, 0.5) is 0 Å². The molecule has 0 unspecified atom stereocenters. The lowest BCUT2D eigenvalue weighted by molar-refractivity contribution is 0.401. The average Bonchev–Trinajstić information content (AvgIpc) is 1.84. The molecule has 0 saturated heterocycles. The standard InChI is InChI=1S/C8H18N2/c1-5-6-10-8(2,3)7-9-4/h10H,4-7H2,1-3H3. The first kappa shape index (κ1) is 9.63. The van der Waals surface area contributed by atoms with Gasteiger partial charge in [-0.15, -0.1) is 0 Å². The number of hydrogen-bond donors (Lipinski definition) is 1. The van der Waals surface area contributed by atoms with Gasteiger partial charge in [0, 0.05) is 5.54 Å². The summed E-state index contributed by atoms with van der Waals surface area (Å²) in [5, 5.41) is 3.38. The van der Waals surface area contributed by atoms with Crippen molar-refractivity contribution in [3.8, 4) is 0 Å². The fraction of sp³-hybridized carbons (Fsp3) is 0.875. The first-order chi connectivity index (χ1) is 4.62. The molecule has 0 aromatic rings. The Balaban J connectivity index is 3.51. The van der Waals surface area contributed by atoms with Gasteiger partial charge >= 0.3 is 0 Å². The zero-order valence-electron chi connectivity index (χ0n) is 7.28. The fourth-order valence-electron chi connectivity index (χ4n) is 0.799. The third-order valence-electron chi connectivity index (χ3n) is 1.36. The maximum absolute atomic E-state index is 3.85. The molecule has 10 heavy (non-hydrogen) atoms. The van der Waals surface area contributed by atoms with Crippen molar-refractivity contribution < 1.29 is 0 Å². The van der Waals surface area contributed by atoms with Crippen molar-refractivity contribution in [2.24, 2.45) is 4.99 Å². The van der Waals surface area contributed by atoms with Crippen molar-refractivity contribution in [2.75, 3.05) is 13.1 Å². The van der Waals surface area contributed by atoms with Crippen LogP contribution in [0.25, 0.3) is 0 Å². The molecule has 0 rings (SSSR count). The molecule has 0 bridgehead atoms. The molecule has 0 aliphatic carbocycles. The number of hydrogen-bond acceptors (Lipinski definition) is 2. The fourth-order valence-corrected chi connectivity index (χ4v) is 0.799. The summed E-state index contributed by atoms with van der Waals surface area (Å²) in [5.74, 6) is 0. The largest absolute Gasteiger partial charge is 0.310 e.